The number of rotatable bonds is 8. The van der Waals surface area contributed by atoms with Gasteiger partial charge >= 0.3 is 0 Å². The Morgan fingerprint density at radius 1 is 1.28 bits per heavy atom. The van der Waals surface area contributed by atoms with E-state index in [9.17, 15) is 13.2 Å². The van der Waals surface area contributed by atoms with E-state index in [1.54, 1.807) is 0 Å². The first-order chi connectivity index (χ1) is 11.5. The van der Waals surface area contributed by atoms with Crippen molar-refractivity contribution < 1.29 is 22.7 Å². The van der Waals surface area contributed by atoms with Gasteiger partial charge in [0.05, 0.1) is 31.7 Å². The van der Waals surface area contributed by atoms with Gasteiger partial charge in [0.25, 0.3) is 5.91 Å². The number of carbonyl (C=O) groups is 1. The minimum atomic E-state index is -3.57. The third-order valence-electron chi connectivity index (χ3n) is 4.13. The van der Waals surface area contributed by atoms with Crippen LogP contribution in [0.1, 0.15) is 31.1 Å². The van der Waals surface area contributed by atoms with Gasteiger partial charge < -0.3 is 20.5 Å². The largest absolute Gasteiger partial charge is 0.493 e. The molecule has 0 fully saturated rings. The molecule has 0 bridgehead atoms. The van der Waals surface area contributed by atoms with Gasteiger partial charge in [-0.2, -0.15) is 0 Å². The molecule has 1 amide bonds. The van der Waals surface area contributed by atoms with Crippen LogP contribution in [-0.2, 0) is 10.0 Å². The third-order valence-corrected chi connectivity index (χ3v) is 4.72. The maximum absolute atomic E-state index is 12.7. The van der Waals surface area contributed by atoms with Crippen molar-refractivity contribution in [2.75, 3.05) is 31.7 Å². The number of hydrogen-bond donors (Lipinski definition) is 3. The highest BCUT2D eigenvalue weighted by Gasteiger charge is 2.29. The second kappa shape index (κ2) is 7.92. The Bertz CT molecular complexity index is 734. The molecular weight excluding hydrogens is 346 g/mol. The number of anilines is 1. The smallest absolute Gasteiger partial charge is 0.251 e. The molecule has 0 aromatic heterocycles. The molecule has 0 spiro atoms. The zero-order valence-electron chi connectivity index (χ0n) is 15.5. The van der Waals surface area contributed by atoms with Crippen LogP contribution in [0, 0.1) is 5.92 Å². The zero-order chi connectivity index (χ0) is 19.4. The first-order valence-electron chi connectivity index (χ1n) is 7.73. The van der Waals surface area contributed by atoms with E-state index in [4.69, 9.17) is 15.2 Å². The molecule has 9 heteroatoms. The number of ether oxygens (including phenoxy) is 2. The average molecular weight is 373 g/mol. The Kier molecular flexibility index (Phi) is 6.67. The second-order valence-corrected chi connectivity index (χ2v) is 8.11. The lowest BCUT2D eigenvalue weighted by atomic mass is 9.88. The highest BCUT2D eigenvalue weighted by atomic mass is 32.2. The van der Waals surface area contributed by atoms with E-state index in [2.05, 4.69) is 10.0 Å². The maximum atomic E-state index is 12.7. The Morgan fingerprint density at radius 3 is 2.28 bits per heavy atom. The average Bonchev–Trinajstić information content (AvgIpc) is 2.51. The fourth-order valence-electron chi connectivity index (χ4n) is 2.13. The SMILES string of the molecule is COc1cc(C(=O)NC(C)(CN)C(C)C)cc(NS(C)(=O)=O)c1OC. The lowest BCUT2D eigenvalue weighted by molar-refractivity contribution is 0.0883. The molecule has 1 unspecified atom stereocenters. The Morgan fingerprint density at radius 2 is 1.88 bits per heavy atom. The van der Waals surface area contributed by atoms with Gasteiger partial charge in [0.15, 0.2) is 11.5 Å². The van der Waals surface area contributed by atoms with Crippen molar-refractivity contribution in [2.45, 2.75) is 26.3 Å². The molecule has 0 saturated carbocycles. The number of sulfonamides is 1. The van der Waals surface area contributed by atoms with Gasteiger partial charge in [0.1, 0.15) is 0 Å². The summed E-state index contributed by atoms with van der Waals surface area (Å²) >= 11 is 0. The lowest BCUT2D eigenvalue weighted by Crippen LogP contribution is -2.55. The summed E-state index contributed by atoms with van der Waals surface area (Å²) in [6.07, 6.45) is 1.01. The zero-order valence-corrected chi connectivity index (χ0v) is 16.3. The Labute approximate surface area is 149 Å². The number of benzene rings is 1. The van der Waals surface area contributed by atoms with Crippen LogP contribution in [-0.4, -0.2) is 46.9 Å². The quantitative estimate of drug-likeness (QED) is 0.629. The molecule has 1 rings (SSSR count). The molecule has 142 valence electrons. The number of methoxy groups -OCH3 is 2. The van der Waals surface area contributed by atoms with E-state index in [1.807, 2.05) is 20.8 Å². The van der Waals surface area contributed by atoms with Gasteiger partial charge in [-0.25, -0.2) is 8.42 Å². The molecule has 1 atom stereocenters. The van der Waals surface area contributed by atoms with Crippen molar-refractivity contribution in [1.82, 2.24) is 5.32 Å². The van der Waals surface area contributed by atoms with Crippen molar-refractivity contribution in [1.29, 1.82) is 0 Å². The van der Waals surface area contributed by atoms with E-state index in [0.29, 0.717) is 0 Å². The van der Waals surface area contributed by atoms with Crippen molar-refractivity contribution in [3.63, 3.8) is 0 Å². The molecule has 0 heterocycles. The molecule has 25 heavy (non-hydrogen) atoms. The van der Waals surface area contributed by atoms with Crippen LogP contribution in [0.5, 0.6) is 11.5 Å². The lowest BCUT2D eigenvalue weighted by Gasteiger charge is -2.33. The normalized spacial score (nSPS) is 13.9. The molecule has 0 aliphatic heterocycles. The van der Waals surface area contributed by atoms with Gasteiger partial charge in [-0.3, -0.25) is 9.52 Å². The molecule has 4 N–H and O–H groups in total. The maximum Gasteiger partial charge on any atom is 0.251 e. The molecule has 0 radical (unpaired) electrons. The van der Waals surface area contributed by atoms with Crippen LogP contribution in [0.4, 0.5) is 5.69 Å². The van der Waals surface area contributed by atoms with Crippen molar-refractivity contribution >= 4 is 21.6 Å². The van der Waals surface area contributed by atoms with Crippen molar-refractivity contribution in [2.24, 2.45) is 11.7 Å². The highest BCUT2D eigenvalue weighted by molar-refractivity contribution is 7.92. The van der Waals surface area contributed by atoms with Gasteiger partial charge in [0.2, 0.25) is 10.0 Å². The monoisotopic (exact) mass is 373 g/mol. The Balaban J connectivity index is 3.36. The van der Waals surface area contributed by atoms with Gasteiger partial charge in [0, 0.05) is 12.1 Å². The topological polar surface area (TPSA) is 120 Å². The van der Waals surface area contributed by atoms with Crippen LogP contribution < -0.4 is 25.2 Å². The predicted molar refractivity (Wildman–Crippen MR) is 97.8 cm³/mol. The van der Waals surface area contributed by atoms with Gasteiger partial charge in [-0.1, -0.05) is 13.8 Å². The van der Waals surface area contributed by atoms with Crippen LogP contribution in [0.2, 0.25) is 0 Å². The number of nitrogens with two attached hydrogens (primary N) is 1. The molecule has 0 aliphatic carbocycles. The number of amides is 1. The first kappa shape index (κ1) is 21.0. The van der Waals surface area contributed by atoms with Crippen molar-refractivity contribution in [3.05, 3.63) is 17.7 Å². The van der Waals surface area contributed by atoms with Crippen molar-refractivity contribution in [3.8, 4) is 11.5 Å². The van der Waals surface area contributed by atoms with Gasteiger partial charge in [-0.05, 0) is 25.0 Å². The van der Waals surface area contributed by atoms with Crippen LogP contribution in [0.3, 0.4) is 0 Å². The van der Waals surface area contributed by atoms with E-state index < -0.39 is 15.6 Å². The predicted octanol–water partition coefficient (Wildman–Crippen LogP) is 1.18. The fourth-order valence-corrected chi connectivity index (χ4v) is 2.68. The van der Waals surface area contributed by atoms with Gasteiger partial charge in [-0.15, -0.1) is 0 Å². The third kappa shape index (κ3) is 5.23. The molecular formula is C16H27N3O5S. The van der Waals surface area contributed by atoms with E-state index >= 15 is 0 Å². The van der Waals surface area contributed by atoms with Crippen LogP contribution >= 0.6 is 0 Å². The number of hydrogen-bond acceptors (Lipinski definition) is 6. The molecule has 1 aromatic rings. The minimum absolute atomic E-state index is 0.107. The second-order valence-electron chi connectivity index (χ2n) is 6.36. The molecule has 0 aliphatic rings. The number of nitrogens with one attached hydrogen (secondary N) is 2. The summed E-state index contributed by atoms with van der Waals surface area (Å²) in [7, 11) is -0.779. The molecule has 8 nitrogen and oxygen atoms in total. The standard InChI is InChI=1S/C16H27N3O5S/c1-10(2)16(3,9-17)18-15(20)11-7-12(19-25(6,21)22)14(24-5)13(8-11)23-4/h7-8,10,19H,9,17H2,1-6H3,(H,18,20). The summed E-state index contributed by atoms with van der Waals surface area (Å²) < 4.78 is 35.9. The summed E-state index contributed by atoms with van der Waals surface area (Å²) in [6.45, 7) is 6.03. The minimum Gasteiger partial charge on any atom is -0.493 e. The summed E-state index contributed by atoms with van der Waals surface area (Å²) in [5, 5.41) is 2.90. The summed E-state index contributed by atoms with van der Waals surface area (Å²) in [5.74, 6) is 0.143. The van der Waals surface area contributed by atoms with Crippen LogP contribution in [0.15, 0.2) is 12.1 Å². The summed E-state index contributed by atoms with van der Waals surface area (Å²) in [5.41, 5.74) is 5.54. The van der Waals surface area contributed by atoms with E-state index in [0.717, 1.165) is 6.26 Å². The summed E-state index contributed by atoms with van der Waals surface area (Å²) in [4.78, 5) is 12.7. The fraction of sp³-hybridized carbons (Fsp3) is 0.562. The first-order valence-corrected chi connectivity index (χ1v) is 9.63. The molecule has 1 aromatic carbocycles. The van der Waals surface area contributed by atoms with E-state index in [1.165, 1.54) is 26.4 Å². The van der Waals surface area contributed by atoms with Crippen LogP contribution in [0.25, 0.3) is 0 Å². The number of carbonyl (C=O) groups excluding carboxylic acids is 1. The summed E-state index contributed by atoms with van der Waals surface area (Å²) in [6, 6.07) is 2.88. The highest BCUT2D eigenvalue weighted by Crippen LogP contribution is 2.37. The van der Waals surface area contributed by atoms with E-state index in [-0.39, 0.29) is 41.1 Å². The molecule has 0 saturated heterocycles. The Hall–Kier alpha value is -2.00.